The van der Waals surface area contributed by atoms with Gasteiger partial charge in [0.25, 0.3) is 0 Å². The van der Waals surface area contributed by atoms with Crippen LogP contribution in [0.2, 0.25) is 0 Å². The van der Waals surface area contributed by atoms with E-state index in [1.165, 1.54) is 33.3 Å². The van der Waals surface area contributed by atoms with Crippen molar-refractivity contribution >= 4 is 20.9 Å². The van der Waals surface area contributed by atoms with E-state index in [0.717, 1.165) is 17.7 Å². The monoisotopic (exact) mass is 546 g/mol. The lowest BCUT2D eigenvalue weighted by atomic mass is 9.77. The van der Waals surface area contributed by atoms with Crippen LogP contribution in [0.1, 0.15) is 33.9 Å². The number of hydrogen-bond donors (Lipinski definition) is 0. The maximum absolute atomic E-state index is 13.7. The fraction of sp³-hybridized carbons (Fsp3) is 0.200. The van der Waals surface area contributed by atoms with E-state index >= 15 is 0 Å². The number of hydrogen-bond acceptors (Lipinski definition) is 2. The maximum atomic E-state index is 13.7. The number of para-hydroxylation sites is 1. The maximum Gasteiger partial charge on any atom is 0.243 e. The molecule has 0 spiro atoms. The van der Waals surface area contributed by atoms with E-state index in [4.69, 9.17) is 0 Å². The van der Waals surface area contributed by atoms with Gasteiger partial charge in [-0.05, 0) is 48.7 Å². The number of nitrogens with zero attached hydrogens (tertiary/aromatic N) is 2. The van der Waals surface area contributed by atoms with Crippen molar-refractivity contribution < 1.29 is 8.42 Å². The number of sulfonamides is 1. The van der Waals surface area contributed by atoms with Crippen molar-refractivity contribution in [2.24, 2.45) is 5.92 Å². The lowest BCUT2D eigenvalue weighted by Crippen LogP contribution is -2.30. The summed E-state index contributed by atoms with van der Waals surface area (Å²) in [6, 6.07) is 36.7. The van der Waals surface area contributed by atoms with Crippen molar-refractivity contribution in [3.05, 3.63) is 149 Å². The molecule has 0 radical (unpaired) electrons. The summed E-state index contributed by atoms with van der Waals surface area (Å²) in [6.07, 6.45) is 0. The zero-order valence-corrected chi connectivity index (χ0v) is 23.8. The van der Waals surface area contributed by atoms with Crippen LogP contribution in [-0.4, -0.2) is 30.4 Å². The third-order valence-corrected chi connectivity index (χ3v) is 10.1. The zero-order valence-electron chi connectivity index (χ0n) is 23.0. The normalized spacial score (nSPS) is 16.9. The van der Waals surface area contributed by atoms with Crippen LogP contribution in [0.4, 0.5) is 0 Å². The van der Waals surface area contributed by atoms with Gasteiger partial charge in [-0.1, -0.05) is 109 Å². The molecule has 0 N–H and O–H groups in total. The Morgan fingerprint density at radius 2 is 1.45 bits per heavy atom. The predicted octanol–water partition coefficient (Wildman–Crippen LogP) is 7.32. The van der Waals surface area contributed by atoms with Gasteiger partial charge in [-0.3, -0.25) is 0 Å². The SMILES string of the molecule is C=C1CN(S(=O)(=O)c2ccc(C)cc2)C[C@@H]1[C@H](c1ccccc1)c1c(C)n(Cc2ccccc2)c2ccccc12. The first-order valence-electron chi connectivity index (χ1n) is 13.8. The summed E-state index contributed by atoms with van der Waals surface area (Å²) >= 11 is 0. The minimum absolute atomic E-state index is 0.0335. The highest BCUT2D eigenvalue weighted by Crippen LogP contribution is 2.45. The molecule has 1 saturated heterocycles. The van der Waals surface area contributed by atoms with E-state index in [2.05, 4.69) is 90.9 Å². The molecule has 6 rings (SSSR count). The number of benzene rings is 4. The first kappa shape index (κ1) is 26.3. The summed E-state index contributed by atoms with van der Waals surface area (Å²) in [7, 11) is -3.64. The predicted molar refractivity (Wildman–Crippen MR) is 163 cm³/mol. The van der Waals surface area contributed by atoms with E-state index in [0.29, 0.717) is 18.0 Å². The summed E-state index contributed by atoms with van der Waals surface area (Å²) in [5.74, 6) is -0.0915. The van der Waals surface area contributed by atoms with Gasteiger partial charge in [-0.25, -0.2) is 8.42 Å². The van der Waals surface area contributed by atoms with E-state index in [9.17, 15) is 8.42 Å². The van der Waals surface area contributed by atoms with Crippen molar-refractivity contribution in [2.75, 3.05) is 13.1 Å². The van der Waals surface area contributed by atoms with Gasteiger partial charge in [0.1, 0.15) is 0 Å². The summed E-state index contributed by atoms with van der Waals surface area (Å²) in [4.78, 5) is 0.332. The van der Waals surface area contributed by atoms with Crippen LogP contribution in [0.5, 0.6) is 0 Å². The molecule has 0 amide bonds. The number of fused-ring (bicyclic) bond motifs is 1. The van der Waals surface area contributed by atoms with Gasteiger partial charge in [0.05, 0.1) is 4.90 Å². The second-order valence-electron chi connectivity index (χ2n) is 10.9. The molecule has 5 aromatic rings. The van der Waals surface area contributed by atoms with Gasteiger partial charge in [-0.15, -0.1) is 0 Å². The standard InChI is InChI=1S/C35H34N2O2S/c1-25-18-20-30(21-19-25)40(38,39)36-22-26(2)32(24-36)35(29-14-8-5-9-15-29)34-27(3)37(23-28-12-6-4-7-13-28)33-17-11-10-16-31(33)34/h4-21,32,35H,2,22-24H2,1,3H3/t32-,35-/m0/s1. The van der Waals surface area contributed by atoms with E-state index in [1.54, 1.807) is 16.4 Å². The fourth-order valence-corrected chi connectivity index (χ4v) is 7.69. The highest BCUT2D eigenvalue weighted by molar-refractivity contribution is 7.89. The lowest BCUT2D eigenvalue weighted by molar-refractivity contribution is 0.443. The Morgan fingerprint density at radius 1 is 0.825 bits per heavy atom. The molecular weight excluding hydrogens is 512 g/mol. The first-order chi connectivity index (χ1) is 19.3. The molecule has 1 aliphatic rings. The van der Waals surface area contributed by atoms with Crippen molar-refractivity contribution in [1.82, 2.24) is 8.87 Å². The van der Waals surface area contributed by atoms with Crippen LogP contribution in [0.25, 0.3) is 10.9 Å². The van der Waals surface area contributed by atoms with Crippen LogP contribution in [0.15, 0.2) is 126 Å². The van der Waals surface area contributed by atoms with Gasteiger partial charge in [0.2, 0.25) is 10.0 Å². The van der Waals surface area contributed by atoms with Crippen LogP contribution in [-0.2, 0) is 16.6 Å². The molecule has 1 fully saturated rings. The van der Waals surface area contributed by atoms with E-state index < -0.39 is 10.0 Å². The Balaban J connectivity index is 1.47. The topological polar surface area (TPSA) is 42.3 Å². The number of rotatable bonds is 7. The van der Waals surface area contributed by atoms with Crippen molar-refractivity contribution in [1.29, 1.82) is 0 Å². The summed E-state index contributed by atoms with van der Waals surface area (Å²) in [5, 5.41) is 1.21. The minimum atomic E-state index is -3.64. The Hall–Kier alpha value is -3.93. The number of aryl methyl sites for hydroxylation is 1. The molecule has 1 aliphatic heterocycles. The smallest absolute Gasteiger partial charge is 0.243 e. The van der Waals surface area contributed by atoms with Gasteiger partial charge >= 0.3 is 0 Å². The summed E-state index contributed by atoms with van der Waals surface area (Å²) < 4.78 is 31.4. The molecule has 2 heterocycles. The highest BCUT2D eigenvalue weighted by Gasteiger charge is 2.41. The third-order valence-electron chi connectivity index (χ3n) is 8.30. The van der Waals surface area contributed by atoms with Crippen LogP contribution < -0.4 is 0 Å². The molecule has 2 atom stereocenters. The molecular formula is C35H34N2O2S. The van der Waals surface area contributed by atoms with Crippen molar-refractivity contribution in [3.8, 4) is 0 Å². The molecule has 4 nitrogen and oxygen atoms in total. The minimum Gasteiger partial charge on any atom is -0.340 e. The van der Waals surface area contributed by atoms with Crippen molar-refractivity contribution in [2.45, 2.75) is 31.2 Å². The van der Waals surface area contributed by atoms with E-state index in [1.807, 2.05) is 31.2 Å². The molecule has 202 valence electrons. The molecule has 0 saturated carbocycles. The van der Waals surface area contributed by atoms with Gasteiger partial charge < -0.3 is 4.57 Å². The second-order valence-corrected chi connectivity index (χ2v) is 12.8. The van der Waals surface area contributed by atoms with Crippen LogP contribution in [0, 0.1) is 19.8 Å². The average molecular weight is 547 g/mol. The molecule has 5 heteroatoms. The highest BCUT2D eigenvalue weighted by atomic mass is 32.2. The second kappa shape index (κ2) is 10.6. The largest absolute Gasteiger partial charge is 0.340 e. The van der Waals surface area contributed by atoms with Crippen LogP contribution >= 0.6 is 0 Å². The zero-order chi connectivity index (χ0) is 27.9. The van der Waals surface area contributed by atoms with E-state index in [-0.39, 0.29) is 11.8 Å². The lowest BCUT2D eigenvalue weighted by Gasteiger charge is -2.26. The summed E-state index contributed by atoms with van der Waals surface area (Å²) in [5.41, 5.74) is 8.04. The Morgan fingerprint density at radius 3 is 2.15 bits per heavy atom. The molecule has 4 aromatic carbocycles. The summed E-state index contributed by atoms with van der Waals surface area (Å²) in [6.45, 7) is 10.1. The fourth-order valence-electron chi connectivity index (χ4n) is 6.22. The molecule has 0 aliphatic carbocycles. The Bertz CT molecular complexity index is 1770. The molecule has 0 bridgehead atoms. The average Bonchev–Trinajstić information content (AvgIpc) is 3.49. The Labute approximate surface area is 237 Å². The molecule has 0 unspecified atom stereocenters. The van der Waals surface area contributed by atoms with Gasteiger partial charge in [0, 0.05) is 48.1 Å². The van der Waals surface area contributed by atoms with Gasteiger partial charge in [0.15, 0.2) is 0 Å². The quantitative estimate of drug-likeness (QED) is 0.201. The first-order valence-corrected chi connectivity index (χ1v) is 15.2. The van der Waals surface area contributed by atoms with Crippen LogP contribution in [0.3, 0.4) is 0 Å². The molecule has 40 heavy (non-hydrogen) atoms. The third kappa shape index (κ3) is 4.70. The molecule has 1 aromatic heterocycles. The van der Waals surface area contributed by atoms with Crippen molar-refractivity contribution in [3.63, 3.8) is 0 Å². The van der Waals surface area contributed by atoms with Gasteiger partial charge in [-0.2, -0.15) is 4.31 Å². The number of aromatic nitrogens is 1. The Kier molecular flexibility index (Phi) is 6.95.